The molecule has 1 fully saturated rings. The summed E-state index contributed by atoms with van der Waals surface area (Å²) in [5.41, 5.74) is 2.73. The Morgan fingerprint density at radius 1 is 1.15 bits per heavy atom. The predicted molar refractivity (Wildman–Crippen MR) is 104 cm³/mol. The molecule has 6 nitrogen and oxygen atoms in total. The number of piperazine rings is 1. The van der Waals surface area contributed by atoms with Crippen LogP contribution in [0.15, 0.2) is 42.7 Å². The summed E-state index contributed by atoms with van der Waals surface area (Å²) in [7, 11) is 1.70. The number of methoxy groups -OCH3 is 1. The number of nitrogens with zero attached hydrogens (tertiary/aromatic N) is 3. The van der Waals surface area contributed by atoms with Crippen LogP contribution in [0, 0.1) is 0 Å². The van der Waals surface area contributed by atoms with E-state index in [-0.39, 0.29) is 5.91 Å². The summed E-state index contributed by atoms with van der Waals surface area (Å²) in [5.74, 6) is 0.839. The number of benzene rings is 1. The van der Waals surface area contributed by atoms with Gasteiger partial charge in [0.15, 0.2) is 0 Å². The van der Waals surface area contributed by atoms with Crippen LogP contribution in [0.1, 0.15) is 23.7 Å². The van der Waals surface area contributed by atoms with Crippen LogP contribution in [0.25, 0.3) is 0 Å². The van der Waals surface area contributed by atoms with Crippen molar-refractivity contribution in [3.8, 4) is 5.75 Å². The Labute approximate surface area is 154 Å². The molecule has 26 heavy (non-hydrogen) atoms. The topological polar surface area (TPSA) is 57.7 Å². The van der Waals surface area contributed by atoms with Crippen LogP contribution in [-0.2, 0) is 0 Å². The van der Waals surface area contributed by atoms with Crippen LogP contribution in [0.2, 0.25) is 0 Å². The molecule has 1 aliphatic heterocycles. The van der Waals surface area contributed by atoms with Gasteiger partial charge in [-0.3, -0.25) is 9.78 Å². The lowest BCUT2D eigenvalue weighted by Gasteiger charge is -2.37. The molecule has 0 atom stereocenters. The van der Waals surface area contributed by atoms with E-state index in [2.05, 4.69) is 26.2 Å². The number of rotatable bonds is 6. The van der Waals surface area contributed by atoms with Gasteiger partial charge in [0.25, 0.3) is 5.91 Å². The fraction of sp³-hybridized carbons (Fsp3) is 0.400. The number of pyridine rings is 1. The van der Waals surface area contributed by atoms with Gasteiger partial charge in [-0.2, -0.15) is 0 Å². The zero-order valence-corrected chi connectivity index (χ0v) is 15.4. The van der Waals surface area contributed by atoms with E-state index in [4.69, 9.17) is 4.74 Å². The van der Waals surface area contributed by atoms with Gasteiger partial charge in [0, 0.05) is 38.9 Å². The van der Waals surface area contributed by atoms with Crippen molar-refractivity contribution in [3.63, 3.8) is 0 Å². The molecule has 1 saturated heterocycles. The highest BCUT2D eigenvalue weighted by molar-refractivity contribution is 5.94. The molecule has 0 spiro atoms. The third-order valence-electron chi connectivity index (χ3n) is 4.59. The molecule has 0 unspecified atom stereocenters. The van der Waals surface area contributed by atoms with Gasteiger partial charge in [0.1, 0.15) is 5.75 Å². The Kier molecular flexibility index (Phi) is 5.94. The Morgan fingerprint density at radius 2 is 1.88 bits per heavy atom. The van der Waals surface area contributed by atoms with E-state index < -0.39 is 0 Å². The van der Waals surface area contributed by atoms with Crippen LogP contribution in [0.4, 0.5) is 11.4 Å². The molecule has 1 amide bonds. The van der Waals surface area contributed by atoms with E-state index in [0.29, 0.717) is 12.1 Å². The van der Waals surface area contributed by atoms with Crippen LogP contribution in [-0.4, -0.2) is 50.7 Å². The van der Waals surface area contributed by atoms with E-state index in [1.807, 2.05) is 37.4 Å². The minimum absolute atomic E-state index is 0.0612. The molecule has 6 heteroatoms. The summed E-state index contributed by atoms with van der Waals surface area (Å²) in [5, 5.41) is 2.90. The van der Waals surface area contributed by atoms with Gasteiger partial charge in [0.05, 0.1) is 30.2 Å². The number of hydrogen-bond acceptors (Lipinski definition) is 5. The molecule has 0 aliphatic carbocycles. The number of hydrogen-bond donors (Lipinski definition) is 1. The van der Waals surface area contributed by atoms with E-state index in [9.17, 15) is 4.79 Å². The average Bonchev–Trinajstić information content (AvgIpc) is 2.72. The van der Waals surface area contributed by atoms with Gasteiger partial charge in [-0.15, -0.1) is 0 Å². The maximum Gasteiger partial charge on any atom is 0.252 e. The van der Waals surface area contributed by atoms with Crippen LogP contribution >= 0.6 is 0 Å². The lowest BCUT2D eigenvalue weighted by molar-refractivity contribution is 0.0953. The first-order chi connectivity index (χ1) is 12.7. The van der Waals surface area contributed by atoms with Crippen LogP contribution < -0.4 is 19.9 Å². The van der Waals surface area contributed by atoms with Gasteiger partial charge in [-0.05, 0) is 24.6 Å². The number of nitrogens with one attached hydrogen (secondary N) is 1. The normalized spacial score (nSPS) is 14.2. The molecule has 138 valence electrons. The van der Waals surface area contributed by atoms with Crippen molar-refractivity contribution in [2.24, 2.45) is 0 Å². The zero-order valence-electron chi connectivity index (χ0n) is 15.4. The van der Waals surface area contributed by atoms with Gasteiger partial charge in [-0.1, -0.05) is 19.1 Å². The smallest absolute Gasteiger partial charge is 0.252 e. The Hall–Kier alpha value is -2.76. The molecule has 1 aliphatic rings. The molecule has 1 aromatic heterocycles. The summed E-state index contributed by atoms with van der Waals surface area (Å²) in [6.07, 6.45) is 4.37. The first kappa shape index (κ1) is 18.0. The highest BCUT2D eigenvalue weighted by Gasteiger charge is 2.20. The van der Waals surface area contributed by atoms with Crippen LogP contribution in [0.5, 0.6) is 5.75 Å². The minimum atomic E-state index is -0.0612. The van der Waals surface area contributed by atoms with Crippen molar-refractivity contribution in [3.05, 3.63) is 48.3 Å². The average molecular weight is 354 g/mol. The molecule has 2 aromatic rings. The lowest BCUT2D eigenvalue weighted by Crippen LogP contribution is -2.46. The second-order valence-electron chi connectivity index (χ2n) is 6.33. The summed E-state index contributed by atoms with van der Waals surface area (Å²) in [6.45, 7) is 6.26. The standard InChI is InChI=1S/C20H26N4O2/c1-3-8-22-20(25)16-13-17(15-21-14-16)23-9-11-24(12-10-23)18-6-4-5-7-19(18)26-2/h4-7,13-15H,3,8-12H2,1-2H3,(H,22,25). The van der Waals surface area contributed by atoms with E-state index in [0.717, 1.165) is 49.7 Å². The van der Waals surface area contributed by atoms with Crippen LogP contribution in [0.3, 0.4) is 0 Å². The van der Waals surface area contributed by atoms with Gasteiger partial charge in [0.2, 0.25) is 0 Å². The van der Waals surface area contributed by atoms with Crippen molar-refractivity contribution in [2.45, 2.75) is 13.3 Å². The summed E-state index contributed by atoms with van der Waals surface area (Å²) in [6, 6.07) is 10.0. The second kappa shape index (κ2) is 8.56. The van der Waals surface area contributed by atoms with Crippen molar-refractivity contribution in [1.29, 1.82) is 0 Å². The van der Waals surface area contributed by atoms with Gasteiger partial charge in [-0.25, -0.2) is 0 Å². The van der Waals surface area contributed by atoms with Crippen molar-refractivity contribution >= 4 is 17.3 Å². The third-order valence-corrected chi connectivity index (χ3v) is 4.59. The second-order valence-corrected chi connectivity index (χ2v) is 6.33. The highest BCUT2D eigenvalue weighted by Crippen LogP contribution is 2.29. The molecular formula is C20H26N4O2. The monoisotopic (exact) mass is 354 g/mol. The fourth-order valence-electron chi connectivity index (χ4n) is 3.16. The molecule has 1 aromatic carbocycles. The maximum absolute atomic E-state index is 12.2. The number of anilines is 2. The summed E-state index contributed by atoms with van der Waals surface area (Å²) < 4.78 is 5.47. The van der Waals surface area contributed by atoms with E-state index in [1.165, 1.54) is 0 Å². The number of carbonyl (C=O) groups excluding carboxylic acids is 1. The summed E-state index contributed by atoms with van der Waals surface area (Å²) >= 11 is 0. The first-order valence-corrected chi connectivity index (χ1v) is 9.09. The number of carbonyl (C=O) groups is 1. The Bertz CT molecular complexity index is 742. The molecule has 0 saturated carbocycles. The van der Waals surface area contributed by atoms with E-state index in [1.54, 1.807) is 13.3 Å². The van der Waals surface area contributed by atoms with Crippen molar-refractivity contribution < 1.29 is 9.53 Å². The highest BCUT2D eigenvalue weighted by atomic mass is 16.5. The summed E-state index contributed by atoms with van der Waals surface area (Å²) in [4.78, 5) is 21.0. The van der Waals surface area contributed by atoms with Gasteiger partial charge >= 0.3 is 0 Å². The Morgan fingerprint density at radius 3 is 2.62 bits per heavy atom. The molecule has 0 radical (unpaired) electrons. The quantitative estimate of drug-likeness (QED) is 0.864. The SMILES string of the molecule is CCCNC(=O)c1cncc(N2CCN(c3ccccc3OC)CC2)c1. The largest absolute Gasteiger partial charge is 0.495 e. The van der Waals surface area contributed by atoms with E-state index >= 15 is 0 Å². The first-order valence-electron chi connectivity index (χ1n) is 9.09. The predicted octanol–water partition coefficient (Wildman–Crippen LogP) is 2.56. The number of para-hydroxylation sites is 2. The zero-order chi connectivity index (χ0) is 18.4. The third kappa shape index (κ3) is 4.07. The minimum Gasteiger partial charge on any atom is -0.495 e. The molecule has 0 bridgehead atoms. The molecule has 3 rings (SSSR count). The molecule has 1 N–H and O–H groups in total. The molecular weight excluding hydrogens is 328 g/mol. The fourth-order valence-corrected chi connectivity index (χ4v) is 3.16. The van der Waals surface area contributed by atoms with Crippen molar-refractivity contribution in [2.75, 3.05) is 49.6 Å². The number of aromatic nitrogens is 1. The number of amides is 1. The number of ether oxygens (including phenoxy) is 1. The maximum atomic E-state index is 12.2. The Balaban J connectivity index is 1.66. The van der Waals surface area contributed by atoms with Crippen molar-refractivity contribution in [1.82, 2.24) is 10.3 Å². The van der Waals surface area contributed by atoms with Gasteiger partial charge < -0.3 is 19.9 Å². The lowest BCUT2D eigenvalue weighted by atomic mass is 10.2. The molecule has 2 heterocycles.